The fraction of sp³-hybridized carbons (Fsp3) is 0.182. The monoisotopic (exact) mass is 404 g/mol. The number of anilines is 1. The zero-order valence-electron chi connectivity index (χ0n) is 16.0. The Labute approximate surface area is 169 Å². The van der Waals surface area contributed by atoms with Crippen LogP contribution < -0.4 is 4.31 Å². The molecule has 146 valence electrons. The SMILES string of the molecule is Cn1cc(-c2ccc(-c3cncc4ccc(N5CCCS5(=O)=O)cc34)cc2)cn1. The number of hydrogen-bond acceptors (Lipinski definition) is 4. The number of nitrogens with zero attached hydrogens (tertiary/aromatic N) is 4. The van der Waals surface area contributed by atoms with Crippen molar-refractivity contribution in [1.82, 2.24) is 14.8 Å². The van der Waals surface area contributed by atoms with E-state index in [1.807, 2.05) is 50.0 Å². The molecule has 3 heterocycles. The molecule has 0 N–H and O–H groups in total. The minimum atomic E-state index is -3.21. The predicted octanol–water partition coefficient (Wildman–Crippen LogP) is 3.84. The number of pyridine rings is 1. The third-order valence-electron chi connectivity index (χ3n) is 5.37. The van der Waals surface area contributed by atoms with E-state index in [4.69, 9.17) is 0 Å². The van der Waals surface area contributed by atoms with Crippen LogP contribution in [0.1, 0.15) is 6.42 Å². The summed E-state index contributed by atoms with van der Waals surface area (Å²) in [5.41, 5.74) is 4.90. The summed E-state index contributed by atoms with van der Waals surface area (Å²) in [5, 5.41) is 6.21. The molecule has 29 heavy (non-hydrogen) atoms. The average Bonchev–Trinajstić information content (AvgIpc) is 3.32. The molecule has 0 saturated carbocycles. The van der Waals surface area contributed by atoms with Crippen molar-refractivity contribution < 1.29 is 8.42 Å². The Morgan fingerprint density at radius 1 is 0.931 bits per heavy atom. The molecule has 1 aliphatic rings. The summed E-state index contributed by atoms with van der Waals surface area (Å²) in [5.74, 6) is 0.212. The van der Waals surface area contributed by atoms with Gasteiger partial charge in [0.2, 0.25) is 10.0 Å². The van der Waals surface area contributed by atoms with Gasteiger partial charge in [-0.15, -0.1) is 0 Å². The normalized spacial score (nSPS) is 15.8. The number of rotatable bonds is 3. The Morgan fingerprint density at radius 3 is 2.41 bits per heavy atom. The molecule has 7 heteroatoms. The van der Waals surface area contributed by atoms with Gasteiger partial charge in [-0.1, -0.05) is 30.3 Å². The first-order valence-corrected chi connectivity index (χ1v) is 11.1. The minimum Gasteiger partial charge on any atom is -0.275 e. The van der Waals surface area contributed by atoms with Crippen LogP contribution in [0.4, 0.5) is 5.69 Å². The van der Waals surface area contributed by atoms with Gasteiger partial charge in [0.25, 0.3) is 0 Å². The fourth-order valence-electron chi connectivity index (χ4n) is 3.88. The van der Waals surface area contributed by atoms with Crippen LogP contribution in [0.2, 0.25) is 0 Å². The molecule has 0 bridgehead atoms. The van der Waals surface area contributed by atoms with Gasteiger partial charge < -0.3 is 0 Å². The summed E-state index contributed by atoms with van der Waals surface area (Å²) in [4.78, 5) is 4.38. The van der Waals surface area contributed by atoms with Crippen molar-refractivity contribution in [1.29, 1.82) is 0 Å². The maximum atomic E-state index is 12.3. The zero-order valence-corrected chi connectivity index (χ0v) is 16.8. The molecule has 0 spiro atoms. The van der Waals surface area contributed by atoms with Crippen LogP contribution in [0.3, 0.4) is 0 Å². The Morgan fingerprint density at radius 2 is 1.72 bits per heavy atom. The summed E-state index contributed by atoms with van der Waals surface area (Å²) in [6.45, 7) is 0.536. The third-order valence-corrected chi connectivity index (χ3v) is 7.24. The molecular weight excluding hydrogens is 384 g/mol. The lowest BCUT2D eigenvalue weighted by molar-refractivity contribution is 0.599. The number of fused-ring (bicyclic) bond motifs is 1. The summed E-state index contributed by atoms with van der Waals surface area (Å²) in [6, 6.07) is 14.0. The van der Waals surface area contributed by atoms with Crippen molar-refractivity contribution in [3.8, 4) is 22.3 Å². The highest BCUT2D eigenvalue weighted by Crippen LogP contribution is 2.33. The van der Waals surface area contributed by atoms with Crippen molar-refractivity contribution in [2.24, 2.45) is 7.05 Å². The lowest BCUT2D eigenvalue weighted by atomic mass is 9.98. The van der Waals surface area contributed by atoms with E-state index in [-0.39, 0.29) is 5.75 Å². The van der Waals surface area contributed by atoms with Crippen LogP contribution in [-0.4, -0.2) is 35.5 Å². The van der Waals surface area contributed by atoms with Crippen LogP contribution in [0.15, 0.2) is 67.3 Å². The van der Waals surface area contributed by atoms with Crippen LogP contribution in [0, 0.1) is 0 Å². The van der Waals surface area contributed by atoms with Crippen LogP contribution >= 0.6 is 0 Å². The summed E-state index contributed by atoms with van der Waals surface area (Å²) in [7, 11) is -1.31. The standard InChI is InChI=1S/C22H20N4O2S/c1-25-15-19(13-24-25)16-3-5-17(6-4-16)22-14-23-12-18-7-8-20(11-21(18)22)26-9-2-10-29(26,27)28/h3-8,11-15H,2,9-10H2,1H3. The lowest BCUT2D eigenvalue weighted by Crippen LogP contribution is -2.24. The highest BCUT2D eigenvalue weighted by atomic mass is 32.2. The number of benzene rings is 2. The van der Waals surface area contributed by atoms with Gasteiger partial charge in [0.05, 0.1) is 17.6 Å². The number of hydrogen-bond donors (Lipinski definition) is 0. The van der Waals surface area contributed by atoms with Crippen molar-refractivity contribution in [2.75, 3.05) is 16.6 Å². The molecular formula is C22H20N4O2S. The highest BCUT2D eigenvalue weighted by molar-refractivity contribution is 7.93. The predicted molar refractivity (Wildman–Crippen MR) is 115 cm³/mol. The van der Waals surface area contributed by atoms with Gasteiger partial charge in [0.1, 0.15) is 0 Å². The maximum Gasteiger partial charge on any atom is 0.235 e. The first-order valence-electron chi connectivity index (χ1n) is 9.49. The third kappa shape index (κ3) is 3.17. The average molecular weight is 404 g/mol. The Bertz CT molecular complexity index is 1310. The Balaban J connectivity index is 1.58. The lowest BCUT2D eigenvalue weighted by Gasteiger charge is -2.18. The van der Waals surface area contributed by atoms with E-state index in [9.17, 15) is 8.42 Å². The smallest absolute Gasteiger partial charge is 0.235 e. The van der Waals surface area contributed by atoms with E-state index < -0.39 is 10.0 Å². The van der Waals surface area contributed by atoms with Crippen LogP contribution in [-0.2, 0) is 17.1 Å². The van der Waals surface area contributed by atoms with E-state index >= 15 is 0 Å². The van der Waals surface area contributed by atoms with Gasteiger partial charge >= 0.3 is 0 Å². The van der Waals surface area contributed by atoms with Gasteiger partial charge in [-0.05, 0) is 35.1 Å². The zero-order chi connectivity index (χ0) is 20.0. The molecule has 0 amide bonds. The van der Waals surface area contributed by atoms with Gasteiger partial charge in [-0.3, -0.25) is 14.0 Å². The Kier molecular flexibility index (Phi) is 4.13. The minimum absolute atomic E-state index is 0.212. The molecule has 4 aromatic rings. The van der Waals surface area contributed by atoms with Crippen molar-refractivity contribution in [3.63, 3.8) is 0 Å². The highest BCUT2D eigenvalue weighted by Gasteiger charge is 2.28. The number of sulfonamides is 1. The largest absolute Gasteiger partial charge is 0.275 e. The topological polar surface area (TPSA) is 68.1 Å². The number of aryl methyl sites for hydroxylation is 1. The summed E-state index contributed by atoms with van der Waals surface area (Å²) < 4.78 is 28.0. The molecule has 5 rings (SSSR count). The van der Waals surface area contributed by atoms with Gasteiger partial charge in [-0.25, -0.2) is 8.42 Å². The second-order valence-corrected chi connectivity index (χ2v) is 9.33. The van der Waals surface area contributed by atoms with E-state index in [0.29, 0.717) is 13.0 Å². The molecule has 0 aliphatic carbocycles. The molecule has 1 aliphatic heterocycles. The van der Waals surface area contributed by atoms with Crippen molar-refractivity contribution >= 4 is 26.5 Å². The molecule has 0 atom stereocenters. The molecule has 2 aromatic heterocycles. The van der Waals surface area contributed by atoms with Crippen LogP contribution in [0.25, 0.3) is 33.0 Å². The second-order valence-electron chi connectivity index (χ2n) is 7.31. The van der Waals surface area contributed by atoms with Gasteiger partial charge in [0.15, 0.2) is 0 Å². The molecule has 6 nitrogen and oxygen atoms in total. The van der Waals surface area contributed by atoms with E-state index in [2.05, 4.69) is 34.3 Å². The van der Waals surface area contributed by atoms with Gasteiger partial charge in [0, 0.05) is 48.7 Å². The number of aromatic nitrogens is 3. The van der Waals surface area contributed by atoms with Crippen molar-refractivity contribution in [2.45, 2.75) is 6.42 Å². The first kappa shape index (κ1) is 17.9. The first-order chi connectivity index (χ1) is 14.0. The van der Waals surface area contributed by atoms with E-state index in [1.165, 1.54) is 4.31 Å². The maximum absolute atomic E-state index is 12.3. The molecule has 0 radical (unpaired) electrons. The molecule has 1 saturated heterocycles. The molecule has 0 unspecified atom stereocenters. The Hall–Kier alpha value is -3.19. The van der Waals surface area contributed by atoms with E-state index in [0.717, 1.165) is 38.7 Å². The van der Waals surface area contributed by atoms with Crippen LogP contribution in [0.5, 0.6) is 0 Å². The van der Waals surface area contributed by atoms with Gasteiger partial charge in [-0.2, -0.15) is 5.10 Å². The quantitative estimate of drug-likeness (QED) is 0.520. The molecule has 1 fully saturated rings. The van der Waals surface area contributed by atoms with Crippen molar-refractivity contribution in [3.05, 3.63) is 67.3 Å². The fourth-order valence-corrected chi connectivity index (χ4v) is 5.44. The second kappa shape index (κ2) is 6.70. The van der Waals surface area contributed by atoms with E-state index in [1.54, 1.807) is 4.68 Å². The summed E-state index contributed by atoms with van der Waals surface area (Å²) in [6.07, 6.45) is 8.14. The summed E-state index contributed by atoms with van der Waals surface area (Å²) >= 11 is 0. The molecule has 2 aromatic carbocycles.